The van der Waals surface area contributed by atoms with Gasteiger partial charge in [-0.1, -0.05) is 17.7 Å². The summed E-state index contributed by atoms with van der Waals surface area (Å²) in [5.74, 6) is 0.163. The van der Waals surface area contributed by atoms with E-state index in [1.54, 1.807) is 12.1 Å². The third-order valence-electron chi connectivity index (χ3n) is 4.09. The van der Waals surface area contributed by atoms with Gasteiger partial charge in [-0.25, -0.2) is 8.42 Å². The predicted octanol–water partition coefficient (Wildman–Crippen LogP) is 3.03. The van der Waals surface area contributed by atoms with E-state index in [-0.39, 0.29) is 11.8 Å². The highest BCUT2D eigenvalue weighted by Crippen LogP contribution is 2.28. The Labute approximate surface area is 132 Å². The molecule has 21 heavy (non-hydrogen) atoms. The molecule has 1 aliphatic carbocycles. The summed E-state index contributed by atoms with van der Waals surface area (Å²) in [6.07, 6.45) is 5.69. The van der Waals surface area contributed by atoms with E-state index < -0.39 is 9.84 Å². The van der Waals surface area contributed by atoms with E-state index in [1.807, 2.05) is 37.7 Å². The summed E-state index contributed by atoms with van der Waals surface area (Å²) < 4.78 is 24.8. The summed E-state index contributed by atoms with van der Waals surface area (Å²) in [6, 6.07) is 7.57. The molecule has 0 heterocycles. The first-order valence-electron chi connectivity index (χ1n) is 7.49. The minimum Gasteiger partial charge on any atom is -0.310 e. The summed E-state index contributed by atoms with van der Waals surface area (Å²) >= 11 is 1.92. The van der Waals surface area contributed by atoms with Crippen LogP contribution >= 0.6 is 11.8 Å². The van der Waals surface area contributed by atoms with Crippen molar-refractivity contribution in [3.05, 3.63) is 29.8 Å². The van der Waals surface area contributed by atoms with Crippen LogP contribution in [0.15, 0.2) is 29.2 Å². The van der Waals surface area contributed by atoms with E-state index in [0.29, 0.717) is 10.9 Å². The maximum absolute atomic E-state index is 12.4. The van der Waals surface area contributed by atoms with Crippen LogP contribution in [0, 0.1) is 6.92 Å². The highest BCUT2D eigenvalue weighted by molar-refractivity contribution is 7.99. The molecule has 0 radical (unpaired) electrons. The van der Waals surface area contributed by atoms with E-state index in [1.165, 1.54) is 6.42 Å². The van der Waals surface area contributed by atoms with E-state index in [0.717, 1.165) is 23.7 Å². The van der Waals surface area contributed by atoms with Crippen molar-refractivity contribution in [3.63, 3.8) is 0 Å². The number of aryl methyl sites for hydroxylation is 1. The fourth-order valence-electron chi connectivity index (χ4n) is 2.93. The lowest BCUT2D eigenvalue weighted by Gasteiger charge is -2.19. The molecule has 3 nitrogen and oxygen atoms in total. The molecule has 0 saturated heterocycles. The zero-order valence-electron chi connectivity index (χ0n) is 13.0. The van der Waals surface area contributed by atoms with Gasteiger partial charge >= 0.3 is 0 Å². The molecule has 0 spiro atoms. The first kappa shape index (κ1) is 16.8. The lowest BCUT2D eigenvalue weighted by Crippen LogP contribution is -2.39. The maximum atomic E-state index is 12.4. The lowest BCUT2D eigenvalue weighted by molar-refractivity contribution is 0.469. The van der Waals surface area contributed by atoms with Crippen LogP contribution in [0.5, 0.6) is 0 Å². The number of nitrogens with one attached hydrogen (secondary N) is 1. The number of hydrogen-bond acceptors (Lipinski definition) is 4. The van der Waals surface area contributed by atoms with Crippen LogP contribution in [-0.2, 0) is 9.84 Å². The van der Waals surface area contributed by atoms with Crippen LogP contribution in [0.1, 0.15) is 31.7 Å². The zero-order chi connectivity index (χ0) is 15.5. The van der Waals surface area contributed by atoms with Gasteiger partial charge in [0.2, 0.25) is 0 Å². The van der Waals surface area contributed by atoms with Crippen LogP contribution in [0.25, 0.3) is 0 Å². The van der Waals surface area contributed by atoms with E-state index in [9.17, 15) is 8.42 Å². The summed E-state index contributed by atoms with van der Waals surface area (Å²) in [5.41, 5.74) is 1.08. The van der Waals surface area contributed by atoms with Gasteiger partial charge in [-0.15, -0.1) is 0 Å². The average Bonchev–Trinajstić information content (AvgIpc) is 2.86. The minimum absolute atomic E-state index is 0.0121. The van der Waals surface area contributed by atoms with Crippen molar-refractivity contribution in [1.29, 1.82) is 0 Å². The van der Waals surface area contributed by atoms with Crippen molar-refractivity contribution in [1.82, 2.24) is 5.32 Å². The Bertz CT molecular complexity index is 554. The largest absolute Gasteiger partial charge is 0.310 e. The van der Waals surface area contributed by atoms with Crippen LogP contribution in [0.2, 0.25) is 0 Å². The van der Waals surface area contributed by atoms with Crippen molar-refractivity contribution in [2.75, 3.05) is 12.0 Å². The molecule has 1 fully saturated rings. The first-order valence-corrected chi connectivity index (χ1v) is 10.4. The Hall–Kier alpha value is -0.520. The SMILES string of the molecule is CS[C@@H]1CC[C@H](N[C@@H](C)CS(=O)(=O)c2ccc(C)cc2)C1. The van der Waals surface area contributed by atoms with E-state index in [4.69, 9.17) is 0 Å². The molecule has 0 aliphatic heterocycles. The second-order valence-corrected chi connectivity index (χ2v) is 9.20. The third-order valence-corrected chi connectivity index (χ3v) is 7.11. The molecule has 0 aromatic heterocycles. The highest BCUT2D eigenvalue weighted by atomic mass is 32.2. The van der Waals surface area contributed by atoms with Gasteiger partial charge < -0.3 is 5.32 Å². The van der Waals surface area contributed by atoms with Crippen molar-refractivity contribution < 1.29 is 8.42 Å². The Morgan fingerprint density at radius 3 is 2.52 bits per heavy atom. The molecular weight excluding hydrogens is 302 g/mol. The molecule has 1 aromatic rings. The standard InChI is InChI=1S/C16H25NO2S2/c1-12-4-8-16(9-5-12)21(18,19)11-13(2)17-14-6-7-15(10-14)20-3/h4-5,8-9,13-15,17H,6-7,10-11H2,1-3H3/t13-,14-,15+/m0/s1. The Balaban J connectivity index is 1.92. The molecule has 0 unspecified atom stereocenters. The zero-order valence-corrected chi connectivity index (χ0v) is 14.6. The number of sulfone groups is 1. The van der Waals surface area contributed by atoms with Crippen molar-refractivity contribution in [3.8, 4) is 0 Å². The van der Waals surface area contributed by atoms with Gasteiger partial charge in [0.25, 0.3) is 0 Å². The summed E-state index contributed by atoms with van der Waals surface area (Å²) in [4.78, 5) is 0.426. The Morgan fingerprint density at radius 1 is 1.29 bits per heavy atom. The predicted molar refractivity (Wildman–Crippen MR) is 90.8 cm³/mol. The average molecular weight is 328 g/mol. The quantitative estimate of drug-likeness (QED) is 0.872. The number of rotatable bonds is 6. The molecule has 1 aromatic carbocycles. The third kappa shape index (κ3) is 4.73. The highest BCUT2D eigenvalue weighted by Gasteiger charge is 2.26. The van der Waals surface area contributed by atoms with Gasteiger partial charge in [-0.3, -0.25) is 0 Å². The summed E-state index contributed by atoms with van der Waals surface area (Å²) in [5, 5.41) is 4.21. The van der Waals surface area contributed by atoms with E-state index in [2.05, 4.69) is 11.6 Å². The Kier molecular flexibility index (Phi) is 5.74. The maximum Gasteiger partial charge on any atom is 0.179 e. The fraction of sp³-hybridized carbons (Fsp3) is 0.625. The van der Waals surface area contributed by atoms with Crippen LogP contribution in [0.3, 0.4) is 0 Å². The molecule has 118 valence electrons. The van der Waals surface area contributed by atoms with Gasteiger partial charge in [-0.05, 0) is 51.5 Å². The van der Waals surface area contributed by atoms with Crippen molar-refractivity contribution in [2.45, 2.75) is 55.3 Å². The van der Waals surface area contributed by atoms with Gasteiger partial charge in [0.05, 0.1) is 10.6 Å². The van der Waals surface area contributed by atoms with Crippen LogP contribution in [0.4, 0.5) is 0 Å². The topological polar surface area (TPSA) is 46.2 Å². The number of benzene rings is 1. The molecular formula is C16H25NO2S2. The first-order chi connectivity index (χ1) is 9.90. The molecule has 5 heteroatoms. The monoisotopic (exact) mass is 327 g/mol. The normalized spacial score (nSPS) is 24.1. The molecule has 0 bridgehead atoms. The smallest absolute Gasteiger partial charge is 0.179 e. The molecule has 2 rings (SSSR count). The number of hydrogen-bond donors (Lipinski definition) is 1. The van der Waals surface area contributed by atoms with Gasteiger partial charge in [0.15, 0.2) is 9.84 Å². The summed E-state index contributed by atoms with van der Waals surface area (Å²) in [7, 11) is -3.20. The van der Waals surface area contributed by atoms with Gasteiger partial charge in [0, 0.05) is 17.3 Å². The van der Waals surface area contributed by atoms with Crippen LogP contribution < -0.4 is 5.32 Å². The summed E-state index contributed by atoms with van der Waals surface area (Å²) in [6.45, 7) is 3.93. The second-order valence-electron chi connectivity index (χ2n) is 6.03. The molecule has 1 N–H and O–H groups in total. The second kappa shape index (κ2) is 7.16. The molecule has 1 saturated carbocycles. The number of thioether (sulfide) groups is 1. The molecule has 1 aliphatic rings. The minimum atomic E-state index is -3.20. The van der Waals surface area contributed by atoms with E-state index >= 15 is 0 Å². The lowest BCUT2D eigenvalue weighted by atomic mass is 10.2. The fourth-order valence-corrected chi connectivity index (χ4v) is 5.22. The van der Waals surface area contributed by atoms with Gasteiger partial charge in [-0.2, -0.15) is 11.8 Å². The molecule has 0 amide bonds. The van der Waals surface area contributed by atoms with Gasteiger partial charge in [0.1, 0.15) is 0 Å². The van der Waals surface area contributed by atoms with Crippen molar-refractivity contribution in [2.24, 2.45) is 0 Å². The molecule has 3 atom stereocenters. The van der Waals surface area contributed by atoms with Crippen LogP contribution in [-0.4, -0.2) is 37.8 Å². The Morgan fingerprint density at radius 2 is 1.95 bits per heavy atom. The van der Waals surface area contributed by atoms with Crippen molar-refractivity contribution >= 4 is 21.6 Å².